The number of imidazole rings is 1. The Morgan fingerprint density at radius 2 is 2.00 bits per heavy atom. The molecular weight excluding hydrogens is 298 g/mol. The lowest BCUT2D eigenvalue weighted by Crippen LogP contribution is -2.12. The first kappa shape index (κ1) is 13.5. The monoisotopic (exact) mass is 315 g/mol. The van der Waals surface area contributed by atoms with Gasteiger partial charge in [0.05, 0.1) is 5.52 Å². The van der Waals surface area contributed by atoms with Gasteiger partial charge in [-0.1, -0.05) is 24.6 Å². The molecule has 5 heteroatoms. The normalized spacial score (nSPS) is 15.0. The first-order valence-corrected chi connectivity index (χ1v) is 8.29. The highest BCUT2D eigenvalue weighted by Gasteiger charge is 2.26. The fourth-order valence-corrected chi connectivity index (χ4v) is 3.44. The summed E-state index contributed by atoms with van der Waals surface area (Å²) in [6.07, 6.45) is 9.24. The van der Waals surface area contributed by atoms with E-state index >= 15 is 0 Å². The zero-order valence-electron chi connectivity index (χ0n) is 13.2. The molecule has 1 fully saturated rings. The maximum atomic E-state index is 6.19. The van der Waals surface area contributed by atoms with Gasteiger partial charge in [-0.2, -0.15) is 0 Å². The van der Waals surface area contributed by atoms with Crippen molar-refractivity contribution in [3.63, 3.8) is 0 Å². The first-order valence-electron chi connectivity index (χ1n) is 8.29. The number of hydrogen-bond donors (Lipinski definition) is 1. The van der Waals surface area contributed by atoms with E-state index in [0.29, 0.717) is 11.7 Å². The number of rotatable bonds is 2. The molecule has 0 amide bonds. The van der Waals surface area contributed by atoms with Crippen LogP contribution in [-0.4, -0.2) is 19.4 Å². The van der Waals surface area contributed by atoms with Crippen molar-refractivity contribution in [1.82, 2.24) is 19.4 Å². The molecule has 5 rings (SSSR count). The fourth-order valence-electron chi connectivity index (χ4n) is 3.44. The van der Waals surface area contributed by atoms with Crippen molar-refractivity contribution >= 4 is 22.2 Å². The van der Waals surface area contributed by atoms with E-state index in [4.69, 9.17) is 10.7 Å². The Labute approximate surface area is 139 Å². The quantitative estimate of drug-likeness (QED) is 0.611. The molecule has 0 bridgehead atoms. The van der Waals surface area contributed by atoms with Crippen LogP contribution >= 0.6 is 0 Å². The van der Waals surface area contributed by atoms with E-state index in [9.17, 15) is 0 Å². The van der Waals surface area contributed by atoms with Gasteiger partial charge in [-0.15, -0.1) is 0 Å². The van der Waals surface area contributed by atoms with Gasteiger partial charge in [0.25, 0.3) is 0 Å². The zero-order chi connectivity index (χ0) is 16.1. The maximum Gasteiger partial charge on any atom is 0.150 e. The summed E-state index contributed by atoms with van der Waals surface area (Å²) in [7, 11) is 0. The SMILES string of the molecule is Nc1nccn2c(C3CCC3)nc(-c3cnc4ccccc4c3)c12. The molecule has 2 N–H and O–H groups in total. The third-order valence-electron chi connectivity index (χ3n) is 4.94. The minimum atomic E-state index is 0.513. The van der Waals surface area contributed by atoms with E-state index in [1.807, 2.05) is 30.6 Å². The van der Waals surface area contributed by atoms with E-state index in [1.54, 1.807) is 6.20 Å². The van der Waals surface area contributed by atoms with Gasteiger partial charge in [0.15, 0.2) is 0 Å². The van der Waals surface area contributed by atoms with Crippen molar-refractivity contribution in [1.29, 1.82) is 0 Å². The van der Waals surface area contributed by atoms with Gasteiger partial charge < -0.3 is 5.73 Å². The molecule has 3 heterocycles. The molecule has 0 saturated heterocycles. The molecule has 0 aliphatic heterocycles. The highest BCUT2D eigenvalue weighted by molar-refractivity contribution is 5.89. The summed E-state index contributed by atoms with van der Waals surface area (Å²) in [6, 6.07) is 10.2. The topological polar surface area (TPSA) is 69.1 Å². The number of fused-ring (bicyclic) bond motifs is 2. The number of anilines is 1. The van der Waals surface area contributed by atoms with Gasteiger partial charge in [-0.05, 0) is 25.0 Å². The van der Waals surface area contributed by atoms with Gasteiger partial charge in [0.2, 0.25) is 0 Å². The minimum absolute atomic E-state index is 0.513. The minimum Gasteiger partial charge on any atom is -0.382 e. The van der Waals surface area contributed by atoms with Crippen LogP contribution in [0, 0.1) is 0 Å². The smallest absolute Gasteiger partial charge is 0.150 e. The van der Waals surface area contributed by atoms with Crippen LogP contribution in [0.15, 0.2) is 48.9 Å². The number of nitrogen functional groups attached to an aromatic ring is 1. The highest BCUT2D eigenvalue weighted by atomic mass is 15.1. The molecule has 1 aromatic carbocycles. The molecule has 118 valence electrons. The molecule has 1 aliphatic rings. The van der Waals surface area contributed by atoms with E-state index < -0.39 is 0 Å². The van der Waals surface area contributed by atoms with Crippen LogP contribution in [0.25, 0.3) is 27.7 Å². The van der Waals surface area contributed by atoms with Crippen molar-refractivity contribution in [2.75, 3.05) is 5.73 Å². The van der Waals surface area contributed by atoms with Gasteiger partial charge in [0, 0.05) is 35.5 Å². The second-order valence-corrected chi connectivity index (χ2v) is 6.39. The molecule has 0 atom stereocenters. The average molecular weight is 315 g/mol. The van der Waals surface area contributed by atoms with Crippen LogP contribution in [-0.2, 0) is 0 Å². The van der Waals surface area contributed by atoms with Crippen molar-refractivity contribution in [2.24, 2.45) is 0 Å². The lowest BCUT2D eigenvalue weighted by Gasteiger charge is -2.23. The van der Waals surface area contributed by atoms with Crippen LogP contribution < -0.4 is 5.73 Å². The summed E-state index contributed by atoms with van der Waals surface area (Å²) < 4.78 is 2.11. The summed E-state index contributed by atoms with van der Waals surface area (Å²) in [6.45, 7) is 0. The molecule has 0 unspecified atom stereocenters. The number of nitrogens with two attached hydrogens (primary N) is 1. The molecule has 24 heavy (non-hydrogen) atoms. The third-order valence-corrected chi connectivity index (χ3v) is 4.94. The zero-order valence-corrected chi connectivity index (χ0v) is 13.2. The third kappa shape index (κ3) is 1.91. The Hall–Kier alpha value is -2.95. The Morgan fingerprint density at radius 1 is 1.12 bits per heavy atom. The van der Waals surface area contributed by atoms with Gasteiger partial charge >= 0.3 is 0 Å². The van der Waals surface area contributed by atoms with E-state index in [0.717, 1.165) is 33.5 Å². The number of pyridine rings is 1. The number of aromatic nitrogens is 4. The van der Waals surface area contributed by atoms with E-state index in [-0.39, 0.29) is 0 Å². The predicted octanol–water partition coefficient (Wildman–Crippen LogP) is 3.79. The lowest BCUT2D eigenvalue weighted by atomic mass is 9.85. The van der Waals surface area contributed by atoms with Gasteiger partial charge in [0.1, 0.15) is 22.9 Å². The fraction of sp³-hybridized carbons (Fsp3) is 0.211. The molecule has 4 aromatic rings. The highest BCUT2D eigenvalue weighted by Crippen LogP contribution is 2.39. The first-order chi connectivity index (χ1) is 11.8. The summed E-state index contributed by atoms with van der Waals surface area (Å²) in [5, 5.41) is 1.10. The van der Waals surface area contributed by atoms with Crippen molar-refractivity contribution in [3.05, 3.63) is 54.7 Å². The van der Waals surface area contributed by atoms with Crippen molar-refractivity contribution < 1.29 is 0 Å². The largest absolute Gasteiger partial charge is 0.382 e. The molecule has 3 aromatic heterocycles. The second kappa shape index (κ2) is 5.03. The van der Waals surface area contributed by atoms with Crippen molar-refractivity contribution in [3.8, 4) is 11.3 Å². The summed E-state index contributed by atoms with van der Waals surface area (Å²) in [5.74, 6) is 2.12. The molecule has 0 spiro atoms. The van der Waals surface area contributed by atoms with E-state index in [1.165, 1.54) is 19.3 Å². The molecular formula is C19H17N5. The number of hydrogen-bond acceptors (Lipinski definition) is 4. The van der Waals surface area contributed by atoms with E-state index in [2.05, 4.69) is 26.5 Å². The summed E-state index contributed by atoms with van der Waals surface area (Å²) >= 11 is 0. The van der Waals surface area contributed by atoms with Crippen LogP contribution in [0.1, 0.15) is 31.0 Å². The van der Waals surface area contributed by atoms with Crippen LogP contribution in [0.2, 0.25) is 0 Å². The summed E-state index contributed by atoms with van der Waals surface area (Å²) in [4.78, 5) is 13.8. The second-order valence-electron chi connectivity index (χ2n) is 6.39. The predicted molar refractivity (Wildman–Crippen MR) is 94.7 cm³/mol. The van der Waals surface area contributed by atoms with Gasteiger partial charge in [-0.3, -0.25) is 9.38 Å². The molecule has 1 aliphatic carbocycles. The molecule has 1 saturated carbocycles. The number of benzene rings is 1. The number of nitrogens with zero attached hydrogens (tertiary/aromatic N) is 4. The number of para-hydroxylation sites is 1. The van der Waals surface area contributed by atoms with Crippen LogP contribution in [0.4, 0.5) is 5.82 Å². The Balaban J connectivity index is 1.78. The standard InChI is InChI=1S/C19H17N5/c20-18-17-16(14-10-13-4-1-2-7-15(13)22-11-14)23-19(12-5-3-6-12)24(17)9-8-21-18/h1-2,4,7-12H,3,5-6H2,(H2,20,21). The van der Waals surface area contributed by atoms with Crippen LogP contribution in [0.5, 0.6) is 0 Å². The van der Waals surface area contributed by atoms with Gasteiger partial charge in [-0.25, -0.2) is 9.97 Å². The Kier molecular flexibility index (Phi) is 2.82. The molecule has 0 radical (unpaired) electrons. The Morgan fingerprint density at radius 3 is 2.83 bits per heavy atom. The average Bonchev–Trinajstić information content (AvgIpc) is 2.94. The van der Waals surface area contributed by atoms with Crippen molar-refractivity contribution in [2.45, 2.75) is 25.2 Å². The van der Waals surface area contributed by atoms with Crippen LogP contribution in [0.3, 0.4) is 0 Å². The molecule has 5 nitrogen and oxygen atoms in total. The lowest BCUT2D eigenvalue weighted by molar-refractivity contribution is 0.400. The maximum absolute atomic E-state index is 6.19. The Bertz CT molecular complexity index is 1060. The summed E-state index contributed by atoms with van der Waals surface area (Å²) in [5.41, 5.74) is 9.91.